The molecular weight excluding hydrogens is 234 g/mol. The van der Waals surface area contributed by atoms with Crippen molar-refractivity contribution in [3.63, 3.8) is 0 Å². The first kappa shape index (κ1) is 11.8. The van der Waals surface area contributed by atoms with Crippen molar-refractivity contribution < 1.29 is 9.53 Å². The van der Waals surface area contributed by atoms with Gasteiger partial charge in [0, 0.05) is 18.6 Å². The number of hydrogen-bond acceptors (Lipinski definition) is 6. The maximum atomic E-state index is 11.9. The number of carbonyl (C=O) groups excluding carboxylic acids is 1. The number of pyridine rings is 1. The highest BCUT2D eigenvalue weighted by Gasteiger charge is 2.14. The van der Waals surface area contributed by atoms with Gasteiger partial charge in [-0.15, -0.1) is 0 Å². The van der Waals surface area contributed by atoms with Crippen LogP contribution in [0.15, 0.2) is 30.7 Å². The largest absolute Gasteiger partial charge is 0.493 e. The Hall–Kier alpha value is -2.70. The summed E-state index contributed by atoms with van der Waals surface area (Å²) in [4.78, 5) is 23.6. The number of aromatic nitrogens is 3. The molecule has 0 aromatic carbocycles. The van der Waals surface area contributed by atoms with Crippen LogP contribution in [-0.2, 0) is 0 Å². The van der Waals surface area contributed by atoms with E-state index in [2.05, 4.69) is 20.3 Å². The number of nitrogens with two attached hydrogens (primary N) is 1. The van der Waals surface area contributed by atoms with Crippen LogP contribution in [0.1, 0.15) is 10.5 Å². The van der Waals surface area contributed by atoms with E-state index >= 15 is 0 Å². The molecule has 2 heterocycles. The molecule has 1 amide bonds. The Balaban J connectivity index is 2.24. The van der Waals surface area contributed by atoms with Crippen LogP contribution in [0.25, 0.3) is 0 Å². The number of rotatable bonds is 3. The van der Waals surface area contributed by atoms with Crippen LogP contribution in [0.2, 0.25) is 0 Å². The first-order valence-corrected chi connectivity index (χ1v) is 5.09. The number of ether oxygens (including phenoxy) is 1. The molecule has 0 aliphatic rings. The SMILES string of the molecule is COc1cccnc1NC(=O)c1nccnc1N. The molecule has 0 radical (unpaired) electrons. The van der Waals surface area contributed by atoms with Gasteiger partial charge < -0.3 is 15.8 Å². The van der Waals surface area contributed by atoms with Gasteiger partial charge in [-0.1, -0.05) is 0 Å². The molecule has 0 spiro atoms. The summed E-state index contributed by atoms with van der Waals surface area (Å²) in [7, 11) is 1.49. The molecule has 0 fully saturated rings. The quantitative estimate of drug-likeness (QED) is 0.825. The third-order valence-corrected chi connectivity index (χ3v) is 2.16. The fourth-order valence-electron chi connectivity index (χ4n) is 1.34. The molecule has 0 saturated heterocycles. The fraction of sp³-hybridized carbons (Fsp3) is 0.0909. The number of nitrogens with one attached hydrogen (secondary N) is 1. The van der Waals surface area contributed by atoms with Crippen molar-refractivity contribution in [1.82, 2.24) is 15.0 Å². The van der Waals surface area contributed by atoms with E-state index in [4.69, 9.17) is 10.5 Å². The number of carbonyl (C=O) groups is 1. The number of anilines is 2. The Morgan fingerprint density at radius 2 is 2.06 bits per heavy atom. The first-order chi connectivity index (χ1) is 8.72. The number of amides is 1. The minimum absolute atomic E-state index is 0.0465. The van der Waals surface area contributed by atoms with Crippen LogP contribution in [0.4, 0.5) is 11.6 Å². The van der Waals surface area contributed by atoms with Gasteiger partial charge in [0.15, 0.2) is 23.1 Å². The average Bonchev–Trinajstić information content (AvgIpc) is 2.39. The van der Waals surface area contributed by atoms with Crippen molar-refractivity contribution in [3.8, 4) is 5.75 Å². The molecule has 3 N–H and O–H groups in total. The van der Waals surface area contributed by atoms with Gasteiger partial charge in [-0.3, -0.25) is 4.79 Å². The van der Waals surface area contributed by atoms with Crippen molar-refractivity contribution in [3.05, 3.63) is 36.4 Å². The molecule has 18 heavy (non-hydrogen) atoms. The van der Waals surface area contributed by atoms with E-state index in [1.807, 2.05) is 0 Å². The zero-order valence-electron chi connectivity index (χ0n) is 9.62. The number of nitrogen functional groups attached to an aromatic ring is 1. The Labute approximate surface area is 103 Å². The van der Waals surface area contributed by atoms with Gasteiger partial charge in [0.1, 0.15) is 0 Å². The van der Waals surface area contributed by atoms with Crippen LogP contribution in [0.5, 0.6) is 5.75 Å². The monoisotopic (exact) mass is 245 g/mol. The predicted octanol–water partition coefficient (Wildman–Crippen LogP) is 0.715. The highest BCUT2D eigenvalue weighted by molar-refractivity contribution is 6.05. The van der Waals surface area contributed by atoms with Crippen molar-refractivity contribution >= 4 is 17.5 Å². The van der Waals surface area contributed by atoms with Gasteiger partial charge in [0.05, 0.1) is 7.11 Å². The third kappa shape index (κ3) is 2.34. The van der Waals surface area contributed by atoms with Gasteiger partial charge in [-0.05, 0) is 12.1 Å². The molecule has 0 aliphatic heterocycles. The molecule has 2 aromatic rings. The lowest BCUT2D eigenvalue weighted by molar-refractivity contribution is 0.102. The molecule has 0 aliphatic carbocycles. The molecular formula is C11H11N5O2. The fourth-order valence-corrected chi connectivity index (χ4v) is 1.34. The lowest BCUT2D eigenvalue weighted by atomic mass is 10.3. The van der Waals surface area contributed by atoms with Gasteiger partial charge in [0.2, 0.25) is 0 Å². The van der Waals surface area contributed by atoms with Crippen molar-refractivity contribution in [2.45, 2.75) is 0 Å². The van der Waals surface area contributed by atoms with Gasteiger partial charge in [-0.25, -0.2) is 15.0 Å². The Kier molecular flexibility index (Phi) is 3.33. The molecule has 2 aromatic heterocycles. The van der Waals surface area contributed by atoms with E-state index in [0.717, 1.165) is 0 Å². The van der Waals surface area contributed by atoms with Crippen LogP contribution in [0.3, 0.4) is 0 Å². The normalized spacial score (nSPS) is 9.83. The van der Waals surface area contributed by atoms with E-state index in [9.17, 15) is 4.79 Å². The molecule has 7 nitrogen and oxygen atoms in total. The second-order valence-electron chi connectivity index (χ2n) is 3.30. The second-order valence-corrected chi connectivity index (χ2v) is 3.30. The number of nitrogens with zero attached hydrogens (tertiary/aromatic N) is 3. The van der Waals surface area contributed by atoms with Gasteiger partial charge in [-0.2, -0.15) is 0 Å². The zero-order chi connectivity index (χ0) is 13.0. The molecule has 2 rings (SSSR count). The smallest absolute Gasteiger partial charge is 0.279 e. The van der Waals surface area contributed by atoms with Crippen molar-refractivity contribution in [2.75, 3.05) is 18.2 Å². The standard InChI is InChI=1S/C11H11N5O2/c1-18-7-3-2-4-15-10(7)16-11(17)8-9(12)14-6-5-13-8/h2-6H,1H3,(H2,12,14)(H,15,16,17). The number of methoxy groups -OCH3 is 1. The van der Waals surface area contributed by atoms with E-state index in [1.165, 1.54) is 25.7 Å². The summed E-state index contributed by atoms with van der Waals surface area (Å²) in [5.41, 5.74) is 5.61. The average molecular weight is 245 g/mol. The van der Waals surface area contributed by atoms with Gasteiger partial charge in [0.25, 0.3) is 5.91 Å². The molecule has 0 saturated carbocycles. The maximum Gasteiger partial charge on any atom is 0.279 e. The summed E-state index contributed by atoms with van der Waals surface area (Å²) >= 11 is 0. The van der Waals surface area contributed by atoms with Gasteiger partial charge >= 0.3 is 0 Å². The molecule has 0 bridgehead atoms. The summed E-state index contributed by atoms with van der Waals surface area (Å²) in [5, 5.41) is 2.56. The highest BCUT2D eigenvalue weighted by Crippen LogP contribution is 2.20. The van der Waals surface area contributed by atoms with Crippen LogP contribution in [0, 0.1) is 0 Å². The number of hydrogen-bond donors (Lipinski definition) is 2. The topological polar surface area (TPSA) is 103 Å². The maximum absolute atomic E-state index is 11.9. The van der Waals surface area contributed by atoms with Crippen molar-refractivity contribution in [2.24, 2.45) is 0 Å². The van der Waals surface area contributed by atoms with Crippen LogP contribution in [-0.4, -0.2) is 28.0 Å². The van der Waals surface area contributed by atoms with E-state index in [-0.39, 0.29) is 11.5 Å². The first-order valence-electron chi connectivity index (χ1n) is 5.09. The molecule has 92 valence electrons. The zero-order valence-corrected chi connectivity index (χ0v) is 9.62. The molecule has 0 atom stereocenters. The van der Waals surface area contributed by atoms with E-state index in [0.29, 0.717) is 11.6 Å². The third-order valence-electron chi connectivity index (χ3n) is 2.16. The van der Waals surface area contributed by atoms with Crippen LogP contribution < -0.4 is 15.8 Å². The lowest BCUT2D eigenvalue weighted by Crippen LogP contribution is -2.17. The van der Waals surface area contributed by atoms with E-state index in [1.54, 1.807) is 12.1 Å². The Morgan fingerprint density at radius 1 is 1.28 bits per heavy atom. The summed E-state index contributed by atoms with van der Waals surface area (Å²) in [5.74, 6) is 0.325. The Morgan fingerprint density at radius 3 is 2.78 bits per heavy atom. The summed E-state index contributed by atoms with van der Waals surface area (Å²) < 4.78 is 5.07. The minimum atomic E-state index is -0.488. The predicted molar refractivity (Wildman–Crippen MR) is 65.2 cm³/mol. The second kappa shape index (κ2) is 5.09. The van der Waals surface area contributed by atoms with E-state index < -0.39 is 5.91 Å². The summed E-state index contributed by atoms with van der Waals surface area (Å²) in [6.45, 7) is 0. The van der Waals surface area contributed by atoms with Crippen LogP contribution >= 0.6 is 0 Å². The summed E-state index contributed by atoms with van der Waals surface area (Å²) in [6.07, 6.45) is 4.34. The lowest BCUT2D eigenvalue weighted by Gasteiger charge is -2.08. The van der Waals surface area contributed by atoms with Crippen molar-refractivity contribution in [1.29, 1.82) is 0 Å². The molecule has 7 heteroatoms. The highest BCUT2D eigenvalue weighted by atomic mass is 16.5. The Bertz CT molecular complexity index is 573. The summed E-state index contributed by atoms with van der Waals surface area (Å²) in [6, 6.07) is 3.38. The minimum Gasteiger partial charge on any atom is -0.493 e. The molecule has 0 unspecified atom stereocenters.